The molecule has 0 radical (unpaired) electrons. The van der Waals surface area contributed by atoms with E-state index in [0.29, 0.717) is 5.57 Å². The van der Waals surface area contributed by atoms with Crippen molar-refractivity contribution < 1.29 is 9.90 Å². The molecular formula is C17H24N2O2. The lowest BCUT2D eigenvalue weighted by molar-refractivity contribution is -0.145. The molecular weight excluding hydrogens is 264 g/mol. The van der Waals surface area contributed by atoms with Crippen LogP contribution in [0.25, 0.3) is 5.57 Å². The van der Waals surface area contributed by atoms with Gasteiger partial charge in [-0.2, -0.15) is 0 Å². The average Bonchev–Trinajstić information content (AvgIpc) is 2.47. The number of benzene rings is 1. The smallest absolute Gasteiger partial charge is 0.273 e. The summed E-state index contributed by atoms with van der Waals surface area (Å²) in [6.07, 6.45) is 0. The van der Waals surface area contributed by atoms with Gasteiger partial charge in [-0.1, -0.05) is 17.7 Å². The van der Waals surface area contributed by atoms with Crippen molar-refractivity contribution >= 4 is 11.5 Å². The van der Waals surface area contributed by atoms with E-state index in [2.05, 4.69) is 0 Å². The Balaban J connectivity index is 2.70. The van der Waals surface area contributed by atoms with Crippen molar-refractivity contribution in [3.8, 4) is 0 Å². The second kappa shape index (κ2) is 4.88. The third kappa shape index (κ3) is 2.23. The van der Waals surface area contributed by atoms with Crippen molar-refractivity contribution in [2.45, 2.75) is 40.2 Å². The standard InChI is InChI=1S/C17H24N2O2/c1-10-8-11(2)13(12(3)9-10)14-15(20)17(4,5)19(16(14)21)18(6)7/h8-9,20H,1-7H3. The minimum absolute atomic E-state index is 0.135. The third-order valence-electron chi connectivity index (χ3n) is 4.08. The van der Waals surface area contributed by atoms with Gasteiger partial charge in [0.05, 0.1) is 5.57 Å². The van der Waals surface area contributed by atoms with E-state index < -0.39 is 5.54 Å². The first-order valence-electron chi connectivity index (χ1n) is 7.12. The van der Waals surface area contributed by atoms with Gasteiger partial charge in [-0.05, 0) is 51.3 Å². The molecule has 4 heteroatoms. The lowest BCUT2D eigenvalue weighted by atomic mass is 9.91. The molecule has 21 heavy (non-hydrogen) atoms. The molecule has 1 aromatic carbocycles. The number of hydrogen-bond donors (Lipinski definition) is 1. The topological polar surface area (TPSA) is 43.8 Å². The number of amides is 1. The summed E-state index contributed by atoms with van der Waals surface area (Å²) in [6, 6.07) is 4.09. The highest BCUT2D eigenvalue weighted by Crippen LogP contribution is 2.40. The Hall–Kier alpha value is -1.81. The molecule has 0 aromatic heterocycles. The molecule has 0 unspecified atom stereocenters. The van der Waals surface area contributed by atoms with E-state index in [1.165, 1.54) is 0 Å². The van der Waals surface area contributed by atoms with Crippen molar-refractivity contribution in [1.82, 2.24) is 10.0 Å². The van der Waals surface area contributed by atoms with Crippen LogP contribution in [0.15, 0.2) is 17.9 Å². The lowest BCUT2D eigenvalue weighted by Gasteiger charge is -2.36. The number of nitrogens with zero attached hydrogens (tertiary/aromatic N) is 2. The molecule has 2 rings (SSSR count). The zero-order chi connectivity index (χ0) is 16.1. The molecule has 0 spiro atoms. The fourth-order valence-electron chi connectivity index (χ4n) is 3.35. The summed E-state index contributed by atoms with van der Waals surface area (Å²) in [7, 11) is 3.62. The number of aliphatic hydroxyl groups is 1. The van der Waals surface area contributed by atoms with Gasteiger partial charge in [-0.15, -0.1) is 0 Å². The number of carbonyl (C=O) groups excluding carboxylic acids is 1. The van der Waals surface area contributed by atoms with E-state index in [1.54, 1.807) is 10.0 Å². The highest BCUT2D eigenvalue weighted by atomic mass is 16.3. The summed E-state index contributed by atoms with van der Waals surface area (Å²) < 4.78 is 0. The van der Waals surface area contributed by atoms with Crippen molar-refractivity contribution in [2.75, 3.05) is 14.1 Å². The summed E-state index contributed by atoms with van der Waals surface area (Å²) in [6.45, 7) is 9.70. The van der Waals surface area contributed by atoms with Gasteiger partial charge in [0.15, 0.2) is 0 Å². The van der Waals surface area contributed by atoms with E-state index in [-0.39, 0.29) is 11.7 Å². The first kappa shape index (κ1) is 15.6. The number of aryl methyl sites for hydroxylation is 3. The number of rotatable bonds is 2. The van der Waals surface area contributed by atoms with Gasteiger partial charge in [0.25, 0.3) is 5.91 Å². The van der Waals surface area contributed by atoms with Gasteiger partial charge in [0.1, 0.15) is 11.3 Å². The van der Waals surface area contributed by atoms with Gasteiger partial charge in [0.2, 0.25) is 0 Å². The minimum atomic E-state index is -0.736. The maximum absolute atomic E-state index is 12.8. The summed E-state index contributed by atoms with van der Waals surface area (Å²) in [5, 5.41) is 14.0. The van der Waals surface area contributed by atoms with Gasteiger partial charge in [0, 0.05) is 14.1 Å². The predicted octanol–water partition coefficient (Wildman–Crippen LogP) is 2.98. The molecule has 0 fully saturated rings. The van der Waals surface area contributed by atoms with Crippen molar-refractivity contribution in [1.29, 1.82) is 0 Å². The predicted molar refractivity (Wildman–Crippen MR) is 84.8 cm³/mol. The van der Waals surface area contributed by atoms with Crippen LogP contribution in [0, 0.1) is 20.8 Å². The zero-order valence-electron chi connectivity index (χ0n) is 13.9. The van der Waals surface area contributed by atoms with Crippen molar-refractivity contribution in [3.05, 3.63) is 40.1 Å². The number of aliphatic hydroxyl groups excluding tert-OH is 1. The molecule has 1 aliphatic heterocycles. The maximum Gasteiger partial charge on any atom is 0.273 e. The van der Waals surface area contributed by atoms with E-state index in [1.807, 2.05) is 60.8 Å². The van der Waals surface area contributed by atoms with Crippen LogP contribution in [-0.4, -0.2) is 40.7 Å². The summed E-state index contributed by atoms with van der Waals surface area (Å²) in [4.78, 5) is 12.8. The molecule has 0 saturated heterocycles. The zero-order valence-corrected chi connectivity index (χ0v) is 13.9. The number of hydrazine groups is 1. The van der Waals surface area contributed by atoms with Crippen LogP contribution in [0.5, 0.6) is 0 Å². The highest BCUT2D eigenvalue weighted by molar-refractivity contribution is 6.23. The number of hydrogen-bond acceptors (Lipinski definition) is 3. The largest absolute Gasteiger partial charge is 0.509 e. The third-order valence-corrected chi connectivity index (χ3v) is 4.08. The second-order valence-electron chi connectivity index (χ2n) is 6.52. The van der Waals surface area contributed by atoms with Crippen molar-refractivity contribution in [3.63, 3.8) is 0 Å². The Bertz CT molecular complexity index is 619. The van der Waals surface area contributed by atoms with Gasteiger partial charge in [-0.25, -0.2) is 5.01 Å². The van der Waals surface area contributed by atoms with E-state index in [0.717, 1.165) is 22.3 Å². The van der Waals surface area contributed by atoms with Gasteiger partial charge in [-0.3, -0.25) is 9.80 Å². The second-order valence-corrected chi connectivity index (χ2v) is 6.52. The van der Waals surface area contributed by atoms with Crippen LogP contribution >= 0.6 is 0 Å². The Kier molecular flexibility index (Phi) is 3.62. The monoisotopic (exact) mass is 288 g/mol. The fraction of sp³-hybridized carbons (Fsp3) is 0.471. The Morgan fingerprint density at radius 2 is 1.57 bits per heavy atom. The molecule has 1 aromatic rings. The van der Waals surface area contributed by atoms with Crippen LogP contribution in [0.1, 0.15) is 36.1 Å². The van der Waals surface area contributed by atoms with Crippen LogP contribution in [0.4, 0.5) is 0 Å². The Morgan fingerprint density at radius 1 is 1.10 bits per heavy atom. The van der Waals surface area contributed by atoms with Crippen LogP contribution in [-0.2, 0) is 4.79 Å². The minimum Gasteiger partial charge on any atom is -0.509 e. The molecule has 1 aliphatic rings. The SMILES string of the molecule is Cc1cc(C)c(C2=C(O)C(C)(C)N(N(C)C)C2=O)c(C)c1. The maximum atomic E-state index is 12.8. The first-order chi connectivity index (χ1) is 9.59. The van der Waals surface area contributed by atoms with Crippen LogP contribution in [0.2, 0.25) is 0 Å². The first-order valence-corrected chi connectivity index (χ1v) is 7.12. The molecule has 4 nitrogen and oxygen atoms in total. The molecule has 1 amide bonds. The number of carbonyl (C=O) groups is 1. The molecule has 0 aliphatic carbocycles. The summed E-state index contributed by atoms with van der Waals surface area (Å²) >= 11 is 0. The quantitative estimate of drug-likeness (QED) is 0.910. The normalized spacial score (nSPS) is 18.1. The average molecular weight is 288 g/mol. The molecule has 114 valence electrons. The van der Waals surface area contributed by atoms with E-state index in [4.69, 9.17) is 0 Å². The van der Waals surface area contributed by atoms with Crippen LogP contribution in [0.3, 0.4) is 0 Å². The highest BCUT2D eigenvalue weighted by Gasteiger charge is 2.48. The summed E-state index contributed by atoms with van der Waals surface area (Å²) in [5.74, 6) is -0.0196. The molecule has 0 atom stereocenters. The fourth-order valence-corrected chi connectivity index (χ4v) is 3.35. The molecule has 1 heterocycles. The van der Waals surface area contributed by atoms with E-state index >= 15 is 0 Å². The Labute approximate surface area is 126 Å². The summed E-state index contributed by atoms with van der Waals surface area (Å²) in [5.41, 5.74) is 3.71. The van der Waals surface area contributed by atoms with Crippen LogP contribution < -0.4 is 0 Å². The van der Waals surface area contributed by atoms with Gasteiger partial charge < -0.3 is 5.11 Å². The van der Waals surface area contributed by atoms with Gasteiger partial charge >= 0.3 is 0 Å². The lowest BCUT2D eigenvalue weighted by Crippen LogP contribution is -2.51. The van der Waals surface area contributed by atoms with Crippen molar-refractivity contribution in [2.24, 2.45) is 0 Å². The molecule has 1 N–H and O–H groups in total. The molecule has 0 saturated carbocycles. The Morgan fingerprint density at radius 3 is 1.95 bits per heavy atom. The molecule has 0 bridgehead atoms. The van der Waals surface area contributed by atoms with E-state index in [9.17, 15) is 9.90 Å².